The fourth-order valence-electron chi connectivity index (χ4n) is 2.08. The van der Waals surface area contributed by atoms with Crippen molar-refractivity contribution in [3.05, 3.63) is 34.9 Å². The Kier molecular flexibility index (Phi) is 5.16. The topological polar surface area (TPSA) is 32.3 Å². The number of aliphatic hydroxyl groups excluding tert-OH is 1. The van der Waals surface area contributed by atoms with Crippen molar-refractivity contribution >= 4 is 0 Å². The summed E-state index contributed by atoms with van der Waals surface area (Å²) in [5.74, 6) is 0. The van der Waals surface area contributed by atoms with Gasteiger partial charge in [-0.15, -0.1) is 0 Å². The van der Waals surface area contributed by atoms with Crippen molar-refractivity contribution in [2.45, 2.75) is 59.2 Å². The van der Waals surface area contributed by atoms with Crippen molar-refractivity contribution in [2.75, 3.05) is 0 Å². The summed E-state index contributed by atoms with van der Waals surface area (Å²) in [6, 6.07) is 6.72. The lowest BCUT2D eigenvalue weighted by atomic mass is 9.96. The van der Waals surface area contributed by atoms with Gasteiger partial charge in [0.25, 0.3) is 0 Å². The van der Waals surface area contributed by atoms with Gasteiger partial charge in [-0.3, -0.25) is 0 Å². The van der Waals surface area contributed by atoms with Gasteiger partial charge in [0.1, 0.15) is 0 Å². The lowest BCUT2D eigenvalue weighted by molar-refractivity contribution is 0.129. The summed E-state index contributed by atoms with van der Waals surface area (Å²) >= 11 is 0. The Morgan fingerprint density at radius 2 is 1.88 bits per heavy atom. The van der Waals surface area contributed by atoms with E-state index in [1.165, 1.54) is 5.56 Å². The van der Waals surface area contributed by atoms with E-state index in [1.54, 1.807) is 0 Å². The fraction of sp³-hybridized carbons (Fsp3) is 0.600. The zero-order valence-corrected chi connectivity index (χ0v) is 11.6. The van der Waals surface area contributed by atoms with Crippen molar-refractivity contribution in [3.63, 3.8) is 0 Å². The van der Waals surface area contributed by atoms with Crippen LogP contribution in [0.4, 0.5) is 0 Å². The third-order valence-corrected chi connectivity index (χ3v) is 3.38. The van der Waals surface area contributed by atoms with Crippen LogP contribution in [0.2, 0.25) is 0 Å². The summed E-state index contributed by atoms with van der Waals surface area (Å²) in [6.07, 6.45) is 0.633. The molecule has 2 heteroatoms. The maximum Gasteiger partial charge on any atom is 0.0942 e. The van der Waals surface area contributed by atoms with Gasteiger partial charge in [-0.25, -0.2) is 0 Å². The van der Waals surface area contributed by atoms with Crippen LogP contribution in [-0.4, -0.2) is 17.2 Å². The fourth-order valence-corrected chi connectivity index (χ4v) is 2.08. The molecule has 0 aliphatic carbocycles. The van der Waals surface area contributed by atoms with Gasteiger partial charge in [0.05, 0.1) is 6.10 Å². The second kappa shape index (κ2) is 6.18. The van der Waals surface area contributed by atoms with E-state index in [9.17, 15) is 5.11 Å². The number of hydrogen-bond acceptors (Lipinski definition) is 2. The lowest BCUT2D eigenvalue weighted by Crippen LogP contribution is -2.38. The smallest absolute Gasteiger partial charge is 0.0942 e. The highest BCUT2D eigenvalue weighted by molar-refractivity contribution is 5.32. The molecule has 0 aliphatic rings. The van der Waals surface area contributed by atoms with Crippen molar-refractivity contribution in [1.82, 2.24) is 5.32 Å². The maximum atomic E-state index is 10.3. The van der Waals surface area contributed by atoms with Gasteiger partial charge >= 0.3 is 0 Å². The molecule has 2 nitrogen and oxygen atoms in total. The summed E-state index contributed by atoms with van der Waals surface area (Å²) < 4.78 is 0. The second-order valence-corrected chi connectivity index (χ2v) is 5.07. The SMILES string of the molecule is CCC(C)NC(C)C(O)c1ccc(C)cc1C. The van der Waals surface area contributed by atoms with E-state index in [1.807, 2.05) is 13.0 Å². The third-order valence-electron chi connectivity index (χ3n) is 3.38. The van der Waals surface area contributed by atoms with E-state index in [4.69, 9.17) is 0 Å². The Labute approximate surface area is 105 Å². The number of benzene rings is 1. The monoisotopic (exact) mass is 235 g/mol. The predicted octanol–water partition coefficient (Wildman–Crippen LogP) is 3.11. The molecule has 0 fully saturated rings. The average Bonchev–Trinajstić information content (AvgIpc) is 2.28. The minimum absolute atomic E-state index is 0.0753. The summed E-state index contributed by atoms with van der Waals surface area (Å²) in [6.45, 7) is 10.5. The number of nitrogens with one attached hydrogen (secondary N) is 1. The molecule has 0 aromatic heterocycles. The molecule has 17 heavy (non-hydrogen) atoms. The molecule has 2 N–H and O–H groups in total. The lowest BCUT2D eigenvalue weighted by Gasteiger charge is -2.25. The zero-order valence-electron chi connectivity index (χ0n) is 11.6. The Balaban J connectivity index is 2.77. The van der Waals surface area contributed by atoms with Crippen LogP contribution >= 0.6 is 0 Å². The summed E-state index contributed by atoms with van der Waals surface area (Å²) in [5, 5.41) is 13.8. The normalized spacial score (nSPS) is 16.6. The Morgan fingerprint density at radius 1 is 1.24 bits per heavy atom. The molecular formula is C15H25NO. The first kappa shape index (κ1) is 14.2. The first-order valence-corrected chi connectivity index (χ1v) is 6.47. The molecule has 3 unspecified atom stereocenters. The Bertz CT molecular complexity index is 362. The van der Waals surface area contributed by atoms with E-state index < -0.39 is 6.10 Å². The van der Waals surface area contributed by atoms with Crippen LogP contribution in [0.5, 0.6) is 0 Å². The van der Waals surface area contributed by atoms with Crippen LogP contribution in [0.25, 0.3) is 0 Å². The molecule has 1 aromatic carbocycles. The summed E-state index contributed by atoms with van der Waals surface area (Å²) in [7, 11) is 0. The highest BCUT2D eigenvalue weighted by Crippen LogP contribution is 2.22. The first-order valence-electron chi connectivity index (χ1n) is 6.47. The standard InChI is InChI=1S/C15H25NO/c1-6-12(4)16-13(5)15(17)14-8-7-10(2)9-11(14)3/h7-9,12-13,15-17H,6H2,1-5H3. The highest BCUT2D eigenvalue weighted by atomic mass is 16.3. The quantitative estimate of drug-likeness (QED) is 0.822. The molecule has 0 heterocycles. The summed E-state index contributed by atoms with van der Waals surface area (Å²) in [4.78, 5) is 0. The molecule has 0 saturated heterocycles. The van der Waals surface area contributed by atoms with Crippen LogP contribution in [-0.2, 0) is 0 Å². The van der Waals surface area contributed by atoms with Gasteiger partial charge in [-0.05, 0) is 45.2 Å². The molecule has 0 bridgehead atoms. The maximum absolute atomic E-state index is 10.3. The summed E-state index contributed by atoms with van der Waals surface area (Å²) in [5.41, 5.74) is 3.43. The van der Waals surface area contributed by atoms with E-state index in [0.29, 0.717) is 6.04 Å². The van der Waals surface area contributed by atoms with E-state index in [-0.39, 0.29) is 6.04 Å². The van der Waals surface area contributed by atoms with Gasteiger partial charge in [0, 0.05) is 12.1 Å². The van der Waals surface area contributed by atoms with Crippen LogP contribution in [0, 0.1) is 13.8 Å². The molecule has 96 valence electrons. The predicted molar refractivity (Wildman–Crippen MR) is 73.2 cm³/mol. The van der Waals surface area contributed by atoms with Crippen molar-refractivity contribution in [2.24, 2.45) is 0 Å². The van der Waals surface area contributed by atoms with Crippen molar-refractivity contribution in [1.29, 1.82) is 0 Å². The van der Waals surface area contributed by atoms with Gasteiger partial charge in [-0.1, -0.05) is 30.7 Å². The van der Waals surface area contributed by atoms with Crippen molar-refractivity contribution < 1.29 is 5.11 Å². The van der Waals surface area contributed by atoms with E-state index in [0.717, 1.165) is 17.5 Å². The Hall–Kier alpha value is -0.860. The van der Waals surface area contributed by atoms with Crippen LogP contribution < -0.4 is 5.32 Å². The van der Waals surface area contributed by atoms with Crippen LogP contribution in [0.3, 0.4) is 0 Å². The molecule has 0 radical (unpaired) electrons. The molecule has 1 aromatic rings. The molecule has 0 aliphatic heterocycles. The largest absolute Gasteiger partial charge is 0.387 e. The molecule has 0 saturated carbocycles. The van der Waals surface area contributed by atoms with Gasteiger partial charge in [0.15, 0.2) is 0 Å². The van der Waals surface area contributed by atoms with Gasteiger partial charge < -0.3 is 10.4 Å². The third kappa shape index (κ3) is 3.83. The number of aliphatic hydroxyl groups is 1. The molecular weight excluding hydrogens is 210 g/mol. The van der Waals surface area contributed by atoms with E-state index in [2.05, 4.69) is 45.1 Å². The molecule has 1 rings (SSSR count). The zero-order chi connectivity index (χ0) is 13.0. The van der Waals surface area contributed by atoms with Gasteiger partial charge in [0.2, 0.25) is 0 Å². The highest BCUT2D eigenvalue weighted by Gasteiger charge is 2.18. The first-order chi connectivity index (χ1) is 7.95. The Morgan fingerprint density at radius 3 is 2.41 bits per heavy atom. The average molecular weight is 235 g/mol. The van der Waals surface area contributed by atoms with E-state index >= 15 is 0 Å². The van der Waals surface area contributed by atoms with Crippen molar-refractivity contribution in [3.8, 4) is 0 Å². The van der Waals surface area contributed by atoms with Gasteiger partial charge in [-0.2, -0.15) is 0 Å². The molecule has 0 spiro atoms. The number of rotatable bonds is 5. The van der Waals surface area contributed by atoms with Crippen LogP contribution in [0.15, 0.2) is 18.2 Å². The molecule has 3 atom stereocenters. The molecule has 0 amide bonds. The number of hydrogen-bond donors (Lipinski definition) is 2. The minimum Gasteiger partial charge on any atom is -0.387 e. The number of aryl methyl sites for hydroxylation is 2. The second-order valence-electron chi connectivity index (χ2n) is 5.07. The van der Waals surface area contributed by atoms with Crippen LogP contribution in [0.1, 0.15) is 50.0 Å². The minimum atomic E-state index is -0.440.